The molecule has 2 N–H and O–H groups in total. The molecule has 2 rings (SSSR count). The summed E-state index contributed by atoms with van der Waals surface area (Å²) in [6.45, 7) is 4.89. The molecular formula is C14H20FN3O. The monoisotopic (exact) mass is 265 g/mol. The van der Waals surface area contributed by atoms with Gasteiger partial charge < -0.3 is 10.1 Å². The predicted octanol–water partition coefficient (Wildman–Crippen LogP) is 2.32. The van der Waals surface area contributed by atoms with E-state index in [0.29, 0.717) is 18.0 Å². The minimum absolute atomic E-state index is 0.0719. The minimum atomic E-state index is -0.271. The molecule has 1 heterocycles. The summed E-state index contributed by atoms with van der Waals surface area (Å²) in [6.07, 6.45) is 0. The number of hydrogen-bond donors (Lipinski definition) is 2. The van der Waals surface area contributed by atoms with Crippen molar-refractivity contribution in [2.75, 3.05) is 20.2 Å². The Labute approximate surface area is 112 Å². The molecule has 0 fully saturated rings. The first-order valence-corrected chi connectivity index (χ1v) is 6.49. The van der Waals surface area contributed by atoms with E-state index in [2.05, 4.69) is 28.7 Å². The normalized spacial score (nSPS) is 13.6. The van der Waals surface area contributed by atoms with Crippen molar-refractivity contribution in [1.29, 1.82) is 0 Å². The molecule has 0 amide bonds. The standard InChI is InChI=1S/C14H20FN3O/c1-9(2)13(18(3)6-7-19)14-16-11-5-4-10(15)8-12(11)17-14/h4-5,8-9,13,19H,6-7H2,1-3H3,(H,16,17). The van der Waals surface area contributed by atoms with Gasteiger partial charge in [-0.3, -0.25) is 4.90 Å². The van der Waals surface area contributed by atoms with E-state index in [4.69, 9.17) is 5.11 Å². The van der Waals surface area contributed by atoms with Gasteiger partial charge in [-0.1, -0.05) is 13.8 Å². The number of hydrogen-bond acceptors (Lipinski definition) is 3. The Hall–Kier alpha value is -1.46. The average molecular weight is 265 g/mol. The van der Waals surface area contributed by atoms with Crippen LogP contribution in [0.25, 0.3) is 11.0 Å². The van der Waals surface area contributed by atoms with Crippen LogP contribution in [0, 0.1) is 11.7 Å². The number of likely N-dealkylation sites (N-methyl/N-ethyl adjacent to an activating group) is 1. The van der Waals surface area contributed by atoms with Crippen LogP contribution in [0.1, 0.15) is 25.7 Å². The van der Waals surface area contributed by atoms with Crippen molar-refractivity contribution in [2.45, 2.75) is 19.9 Å². The number of imidazole rings is 1. The van der Waals surface area contributed by atoms with Gasteiger partial charge in [0.05, 0.1) is 23.7 Å². The molecule has 1 aromatic heterocycles. The number of nitrogens with one attached hydrogen (secondary N) is 1. The number of benzene rings is 1. The highest BCUT2D eigenvalue weighted by atomic mass is 19.1. The summed E-state index contributed by atoms with van der Waals surface area (Å²) in [4.78, 5) is 9.77. The van der Waals surface area contributed by atoms with Crippen LogP contribution in [-0.4, -0.2) is 40.2 Å². The summed E-state index contributed by atoms with van der Waals surface area (Å²) in [5, 5.41) is 9.07. The van der Waals surface area contributed by atoms with E-state index in [0.717, 1.165) is 11.3 Å². The summed E-state index contributed by atoms with van der Waals surface area (Å²) >= 11 is 0. The lowest BCUT2D eigenvalue weighted by Gasteiger charge is -2.28. The van der Waals surface area contributed by atoms with Crippen molar-refractivity contribution in [3.63, 3.8) is 0 Å². The maximum Gasteiger partial charge on any atom is 0.125 e. The third-order valence-corrected chi connectivity index (χ3v) is 3.30. The van der Waals surface area contributed by atoms with Crippen LogP contribution in [-0.2, 0) is 0 Å². The van der Waals surface area contributed by atoms with Gasteiger partial charge in [0, 0.05) is 6.54 Å². The molecule has 5 heteroatoms. The summed E-state index contributed by atoms with van der Waals surface area (Å²) in [5.74, 6) is 0.876. The number of H-pyrrole nitrogens is 1. The number of aromatic nitrogens is 2. The minimum Gasteiger partial charge on any atom is -0.395 e. The van der Waals surface area contributed by atoms with E-state index < -0.39 is 0 Å². The fraction of sp³-hybridized carbons (Fsp3) is 0.500. The van der Waals surface area contributed by atoms with Crippen molar-refractivity contribution in [3.8, 4) is 0 Å². The van der Waals surface area contributed by atoms with Crippen molar-refractivity contribution < 1.29 is 9.50 Å². The second kappa shape index (κ2) is 5.67. The van der Waals surface area contributed by atoms with Gasteiger partial charge in [-0.2, -0.15) is 0 Å². The van der Waals surface area contributed by atoms with Gasteiger partial charge in [0.15, 0.2) is 0 Å². The predicted molar refractivity (Wildman–Crippen MR) is 73.3 cm³/mol. The Balaban J connectivity index is 2.38. The fourth-order valence-corrected chi connectivity index (χ4v) is 2.47. The SMILES string of the molecule is CC(C)C(c1nc2ccc(F)cc2[nH]1)N(C)CCO. The first kappa shape index (κ1) is 14.0. The summed E-state index contributed by atoms with van der Waals surface area (Å²) in [7, 11) is 1.95. The fourth-order valence-electron chi connectivity index (χ4n) is 2.47. The first-order valence-electron chi connectivity index (χ1n) is 6.49. The van der Waals surface area contributed by atoms with Crippen LogP contribution in [0.2, 0.25) is 0 Å². The number of aromatic amines is 1. The Morgan fingerprint density at radius 3 is 2.79 bits per heavy atom. The molecule has 0 saturated heterocycles. The quantitative estimate of drug-likeness (QED) is 0.872. The largest absolute Gasteiger partial charge is 0.395 e. The molecule has 1 unspecified atom stereocenters. The van der Waals surface area contributed by atoms with Crippen LogP contribution >= 0.6 is 0 Å². The summed E-state index contributed by atoms with van der Waals surface area (Å²) in [5.41, 5.74) is 1.47. The van der Waals surface area contributed by atoms with Crippen LogP contribution in [0.15, 0.2) is 18.2 Å². The van der Waals surface area contributed by atoms with Gasteiger partial charge in [-0.25, -0.2) is 9.37 Å². The number of aliphatic hydroxyl groups is 1. The van der Waals surface area contributed by atoms with Gasteiger partial charge in [-0.15, -0.1) is 0 Å². The van der Waals surface area contributed by atoms with E-state index >= 15 is 0 Å². The average Bonchev–Trinajstić information content (AvgIpc) is 2.71. The van der Waals surface area contributed by atoms with E-state index in [-0.39, 0.29) is 18.5 Å². The van der Waals surface area contributed by atoms with Gasteiger partial charge in [0.25, 0.3) is 0 Å². The highest BCUT2D eigenvalue weighted by molar-refractivity contribution is 5.75. The van der Waals surface area contributed by atoms with Crippen LogP contribution in [0.3, 0.4) is 0 Å². The molecule has 0 saturated carbocycles. The van der Waals surface area contributed by atoms with Gasteiger partial charge in [0.2, 0.25) is 0 Å². The van der Waals surface area contributed by atoms with Gasteiger partial charge >= 0.3 is 0 Å². The molecule has 1 atom stereocenters. The number of halogens is 1. The molecular weight excluding hydrogens is 245 g/mol. The maximum absolute atomic E-state index is 13.2. The molecule has 2 aromatic rings. The third-order valence-electron chi connectivity index (χ3n) is 3.30. The molecule has 0 spiro atoms. The maximum atomic E-state index is 13.2. The van der Waals surface area contributed by atoms with Crippen LogP contribution in [0.5, 0.6) is 0 Å². The molecule has 19 heavy (non-hydrogen) atoms. The molecule has 0 bridgehead atoms. The second-order valence-corrected chi connectivity index (χ2v) is 5.18. The van der Waals surface area contributed by atoms with E-state index in [1.165, 1.54) is 12.1 Å². The lowest BCUT2D eigenvalue weighted by atomic mass is 10.0. The van der Waals surface area contributed by atoms with Gasteiger partial charge in [0.1, 0.15) is 11.6 Å². The Bertz CT molecular complexity index is 553. The lowest BCUT2D eigenvalue weighted by molar-refractivity contribution is 0.146. The molecule has 104 valence electrons. The molecule has 0 radical (unpaired) electrons. The third kappa shape index (κ3) is 2.93. The molecule has 4 nitrogen and oxygen atoms in total. The second-order valence-electron chi connectivity index (χ2n) is 5.18. The summed E-state index contributed by atoms with van der Waals surface area (Å²) in [6, 6.07) is 4.61. The number of fused-ring (bicyclic) bond motifs is 1. The highest BCUT2D eigenvalue weighted by Crippen LogP contribution is 2.27. The zero-order valence-electron chi connectivity index (χ0n) is 11.5. The van der Waals surface area contributed by atoms with Crippen LogP contribution in [0.4, 0.5) is 4.39 Å². The van der Waals surface area contributed by atoms with Gasteiger partial charge in [-0.05, 0) is 31.2 Å². The Morgan fingerprint density at radius 1 is 1.42 bits per heavy atom. The van der Waals surface area contributed by atoms with Crippen molar-refractivity contribution >= 4 is 11.0 Å². The van der Waals surface area contributed by atoms with Crippen molar-refractivity contribution in [2.24, 2.45) is 5.92 Å². The van der Waals surface area contributed by atoms with Crippen molar-refractivity contribution in [3.05, 3.63) is 29.8 Å². The van der Waals surface area contributed by atoms with Crippen LogP contribution < -0.4 is 0 Å². The highest BCUT2D eigenvalue weighted by Gasteiger charge is 2.23. The zero-order chi connectivity index (χ0) is 14.0. The molecule has 0 aliphatic heterocycles. The van der Waals surface area contributed by atoms with E-state index in [1.807, 2.05) is 7.05 Å². The number of nitrogens with zero attached hydrogens (tertiary/aromatic N) is 2. The Morgan fingerprint density at radius 2 is 2.16 bits per heavy atom. The molecule has 1 aromatic carbocycles. The lowest BCUT2D eigenvalue weighted by Crippen LogP contribution is -2.31. The first-order chi connectivity index (χ1) is 9.02. The summed E-state index contributed by atoms with van der Waals surface area (Å²) < 4.78 is 13.2. The molecule has 0 aliphatic rings. The van der Waals surface area contributed by atoms with E-state index in [1.54, 1.807) is 6.07 Å². The number of rotatable bonds is 5. The number of aliphatic hydroxyl groups excluding tert-OH is 1. The Kier molecular flexibility index (Phi) is 4.17. The smallest absolute Gasteiger partial charge is 0.125 e. The van der Waals surface area contributed by atoms with E-state index in [9.17, 15) is 4.39 Å². The topological polar surface area (TPSA) is 52.2 Å². The molecule has 0 aliphatic carbocycles. The zero-order valence-corrected chi connectivity index (χ0v) is 11.5. The van der Waals surface area contributed by atoms with Crippen molar-refractivity contribution in [1.82, 2.24) is 14.9 Å².